The topological polar surface area (TPSA) is 88.2 Å². The summed E-state index contributed by atoms with van der Waals surface area (Å²) in [5, 5.41) is 7.54. The van der Waals surface area contributed by atoms with Crippen LogP contribution in [-0.2, 0) is 4.84 Å². The maximum Gasteiger partial charge on any atom is 0.326 e. The van der Waals surface area contributed by atoms with Gasteiger partial charge >= 0.3 is 6.03 Å². The number of rotatable bonds is 4. The van der Waals surface area contributed by atoms with Gasteiger partial charge in [-0.2, -0.15) is 4.98 Å². The predicted octanol–water partition coefficient (Wildman–Crippen LogP) is 3.56. The van der Waals surface area contributed by atoms with E-state index in [2.05, 4.69) is 26.1 Å². The lowest BCUT2D eigenvalue weighted by Crippen LogP contribution is -2.21. The number of urea groups is 1. The summed E-state index contributed by atoms with van der Waals surface area (Å²) in [5.41, 5.74) is 4.00. The number of carbonyl (C=O) groups is 1. The highest BCUT2D eigenvalue weighted by atomic mass is 16.6. The van der Waals surface area contributed by atoms with Gasteiger partial charge < -0.3 is 5.32 Å². The van der Waals surface area contributed by atoms with Crippen LogP contribution in [0.2, 0.25) is 0 Å². The molecule has 0 atom stereocenters. The van der Waals surface area contributed by atoms with E-state index < -0.39 is 6.03 Å². The average molecular weight is 323 g/mol. The van der Waals surface area contributed by atoms with Gasteiger partial charge in [-0.25, -0.2) is 15.3 Å². The molecule has 2 amide bonds. The Labute approximate surface area is 139 Å². The highest BCUT2D eigenvalue weighted by Gasteiger charge is 2.07. The second-order valence-corrected chi connectivity index (χ2v) is 5.17. The van der Waals surface area contributed by atoms with Crippen molar-refractivity contribution in [3.8, 4) is 0 Å². The quantitative estimate of drug-likeness (QED) is 0.639. The molecule has 0 spiro atoms. The van der Waals surface area contributed by atoms with Crippen LogP contribution >= 0.6 is 0 Å². The molecular weight excluding hydrogens is 306 g/mol. The van der Waals surface area contributed by atoms with Crippen LogP contribution in [0.4, 0.5) is 22.2 Å². The van der Waals surface area contributed by atoms with Gasteiger partial charge in [-0.3, -0.25) is 10.2 Å². The van der Waals surface area contributed by atoms with E-state index in [1.54, 1.807) is 13.0 Å². The second kappa shape index (κ2) is 6.93. The van der Waals surface area contributed by atoms with Crippen molar-refractivity contribution in [2.45, 2.75) is 6.92 Å². The van der Waals surface area contributed by atoms with E-state index in [1.807, 2.05) is 42.5 Å². The Bertz CT molecular complexity index is 882. The van der Waals surface area contributed by atoms with Crippen LogP contribution in [-0.4, -0.2) is 23.1 Å². The van der Waals surface area contributed by atoms with E-state index in [0.717, 1.165) is 10.8 Å². The minimum Gasteiger partial charge on any atom is -0.308 e. The molecule has 24 heavy (non-hydrogen) atoms. The molecule has 0 aliphatic carbocycles. The highest BCUT2D eigenvalue weighted by molar-refractivity contribution is 6.00. The first-order chi connectivity index (χ1) is 11.6. The van der Waals surface area contributed by atoms with Crippen molar-refractivity contribution in [2.24, 2.45) is 0 Å². The van der Waals surface area contributed by atoms with Gasteiger partial charge in [0.1, 0.15) is 0 Å². The molecule has 1 aromatic heterocycles. The minimum atomic E-state index is -0.417. The number of aryl methyl sites for hydroxylation is 1. The minimum absolute atomic E-state index is 0.188. The Morgan fingerprint density at radius 3 is 2.58 bits per heavy atom. The summed E-state index contributed by atoms with van der Waals surface area (Å²) in [6.45, 7) is 1.80. The monoisotopic (exact) mass is 323 g/mol. The van der Waals surface area contributed by atoms with Crippen LogP contribution in [0.5, 0.6) is 0 Å². The molecule has 3 aromatic rings. The normalized spacial score (nSPS) is 10.4. The molecule has 0 saturated heterocycles. The molecule has 0 fully saturated rings. The summed E-state index contributed by atoms with van der Waals surface area (Å²) in [5.74, 6) is 0.652. The van der Waals surface area contributed by atoms with Gasteiger partial charge in [-0.15, -0.1) is 0 Å². The molecule has 0 radical (unpaired) electrons. The molecule has 2 aromatic carbocycles. The molecule has 0 aliphatic rings. The summed E-state index contributed by atoms with van der Waals surface area (Å²) in [6, 6.07) is 14.9. The fourth-order valence-electron chi connectivity index (χ4n) is 2.31. The van der Waals surface area contributed by atoms with Crippen molar-refractivity contribution in [1.29, 1.82) is 0 Å². The molecule has 3 N–H and O–H groups in total. The first kappa shape index (κ1) is 15.7. The zero-order valence-electron chi connectivity index (χ0n) is 13.3. The molecular formula is C17H17N5O2. The van der Waals surface area contributed by atoms with Crippen LogP contribution in [0.25, 0.3) is 10.8 Å². The second-order valence-electron chi connectivity index (χ2n) is 5.17. The first-order valence-electron chi connectivity index (χ1n) is 7.35. The summed E-state index contributed by atoms with van der Waals surface area (Å²) < 4.78 is 0. The number of aromatic nitrogens is 2. The van der Waals surface area contributed by atoms with Crippen molar-refractivity contribution in [2.75, 3.05) is 23.2 Å². The molecule has 0 saturated carbocycles. The van der Waals surface area contributed by atoms with Crippen LogP contribution < -0.4 is 16.1 Å². The Kier molecular flexibility index (Phi) is 4.53. The number of amides is 2. The van der Waals surface area contributed by atoms with Gasteiger partial charge in [0.25, 0.3) is 0 Å². The van der Waals surface area contributed by atoms with Crippen LogP contribution in [0.1, 0.15) is 5.69 Å². The standard InChI is InChI=1S/C17H17N5O2/c1-11-9-15(22-24-2)20-16(18-11)21-17(23)19-14-8-7-12-5-3-4-6-13(12)10-14/h3-10H,1-2H3,(H3,18,19,20,21,22,23). The van der Waals surface area contributed by atoms with E-state index in [-0.39, 0.29) is 5.95 Å². The fraction of sp³-hybridized carbons (Fsp3) is 0.118. The molecule has 0 unspecified atom stereocenters. The number of carbonyl (C=O) groups excluding carboxylic acids is 1. The number of benzene rings is 2. The first-order valence-corrected chi connectivity index (χ1v) is 7.35. The van der Waals surface area contributed by atoms with Gasteiger partial charge in [0.2, 0.25) is 5.95 Å². The van der Waals surface area contributed by atoms with Gasteiger partial charge in [0.05, 0.1) is 7.11 Å². The third-order valence-electron chi connectivity index (χ3n) is 3.29. The van der Waals surface area contributed by atoms with Crippen molar-refractivity contribution < 1.29 is 9.63 Å². The van der Waals surface area contributed by atoms with Gasteiger partial charge in [0.15, 0.2) is 5.82 Å². The summed E-state index contributed by atoms with van der Waals surface area (Å²) in [4.78, 5) is 25.3. The largest absolute Gasteiger partial charge is 0.326 e. The third-order valence-corrected chi connectivity index (χ3v) is 3.29. The number of nitrogens with zero attached hydrogens (tertiary/aromatic N) is 2. The van der Waals surface area contributed by atoms with Crippen molar-refractivity contribution in [1.82, 2.24) is 9.97 Å². The molecule has 1 heterocycles. The number of fused-ring (bicyclic) bond motifs is 1. The van der Waals surface area contributed by atoms with Crippen LogP contribution in [0, 0.1) is 6.92 Å². The zero-order valence-corrected chi connectivity index (χ0v) is 13.3. The SMILES string of the molecule is CONc1cc(C)nc(NC(=O)Nc2ccc3ccccc3c2)n1. The Hall–Kier alpha value is -3.19. The van der Waals surface area contributed by atoms with Gasteiger partial charge in [-0.1, -0.05) is 30.3 Å². The Balaban J connectivity index is 1.72. The smallest absolute Gasteiger partial charge is 0.308 e. The van der Waals surface area contributed by atoms with E-state index in [4.69, 9.17) is 4.84 Å². The molecule has 0 aliphatic heterocycles. The average Bonchev–Trinajstić information content (AvgIpc) is 2.54. The molecule has 3 rings (SSSR count). The van der Waals surface area contributed by atoms with E-state index in [1.165, 1.54) is 7.11 Å². The number of hydrogen-bond acceptors (Lipinski definition) is 5. The predicted molar refractivity (Wildman–Crippen MR) is 94.0 cm³/mol. The van der Waals surface area contributed by atoms with Gasteiger partial charge in [0, 0.05) is 17.4 Å². The number of hydrogen-bond donors (Lipinski definition) is 3. The Morgan fingerprint density at radius 2 is 1.79 bits per heavy atom. The molecule has 0 bridgehead atoms. The highest BCUT2D eigenvalue weighted by Crippen LogP contribution is 2.19. The Morgan fingerprint density at radius 1 is 1.00 bits per heavy atom. The summed E-state index contributed by atoms with van der Waals surface area (Å²) in [6.07, 6.45) is 0. The van der Waals surface area contributed by atoms with E-state index in [0.29, 0.717) is 17.2 Å². The number of anilines is 3. The van der Waals surface area contributed by atoms with E-state index >= 15 is 0 Å². The molecule has 122 valence electrons. The zero-order chi connectivity index (χ0) is 16.9. The lowest BCUT2D eigenvalue weighted by atomic mass is 10.1. The van der Waals surface area contributed by atoms with Crippen molar-refractivity contribution in [3.63, 3.8) is 0 Å². The summed E-state index contributed by atoms with van der Waals surface area (Å²) >= 11 is 0. The number of nitrogens with one attached hydrogen (secondary N) is 3. The van der Waals surface area contributed by atoms with Crippen LogP contribution in [0.3, 0.4) is 0 Å². The fourth-order valence-corrected chi connectivity index (χ4v) is 2.31. The molecule has 7 nitrogen and oxygen atoms in total. The maximum absolute atomic E-state index is 12.1. The van der Waals surface area contributed by atoms with Crippen molar-refractivity contribution >= 4 is 34.3 Å². The van der Waals surface area contributed by atoms with Crippen LogP contribution in [0.15, 0.2) is 48.5 Å². The lowest BCUT2D eigenvalue weighted by molar-refractivity contribution is 0.262. The van der Waals surface area contributed by atoms with E-state index in [9.17, 15) is 4.79 Å². The maximum atomic E-state index is 12.1. The third kappa shape index (κ3) is 3.76. The van der Waals surface area contributed by atoms with Gasteiger partial charge in [-0.05, 0) is 29.8 Å². The van der Waals surface area contributed by atoms with Crippen molar-refractivity contribution in [3.05, 3.63) is 54.2 Å². The lowest BCUT2D eigenvalue weighted by Gasteiger charge is -2.09. The summed E-state index contributed by atoms with van der Waals surface area (Å²) in [7, 11) is 1.48. The molecule has 7 heteroatoms.